The van der Waals surface area contributed by atoms with E-state index in [0.29, 0.717) is 28.4 Å². The lowest BCUT2D eigenvalue weighted by Gasteiger charge is -2.14. The van der Waals surface area contributed by atoms with Gasteiger partial charge in [-0.05, 0) is 44.2 Å². The fraction of sp³-hybridized carbons (Fsp3) is 0.150. The number of imidazole rings is 1. The Morgan fingerprint density at radius 3 is 2.65 bits per heavy atom. The van der Waals surface area contributed by atoms with Crippen molar-refractivity contribution in [2.24, 2.45) is 4.99 Å². The van der Waals surface area contributed by atoms with Crippen LogP contribution in [0.5, 0.6) is 0 Å². The zero-order valence-corrected chi connectivity index (χ0v) is 14.2. The Bertz CT molecular complexity index is 1110. The van der Waals surface area contributed by atoms with Crippen LogP contribution in [0, 0.1) is 31.0 Å². The molecular formula is C20H15FN4O. The van der Waals surface area contributed by atoms with Crippen molar-refractivity contribution < 1.29 is 9.50 Å². The first-order valence-corrected chi connectivity index (χ1v) is 8.12. The van der Waals surface area contributed by atoms with Crippen LogP contribution >= 0.6 is 0 Å². The molecule has 128 valence electrons. The second kappa shape index (κ2) is 5.90. The van der Waals surface area contributed by atoms with Crippen molar-refractivity contribution in [3.05, 3.63) is 82.2 Å². The van der Waals surface area contributed by atoms with Crippen LogP contribution in [-0.2, 0) is 0 Å². The normalized spacial score (nSPS) is 15.5. The fourth-order valence-corrected chi connectivity index (χ4v) is 3.22. The maximum Gasteiger partial charge on any atom is 0.205 e. The molecule has 6 heteroatoms. The molecular weight excluding hydrogens is 331 g/mol. The molecule has 0 saturated carbocycles. The van der Waals surface area contributed by atoms with Crippen LogP contribution in [0.15, 0.2) is 47.5 Å². The van der Waals surface area contributed by atoms with E-state index in [1.807, 2.05) is 18.4 Å². The van der Waals surface area contributed by atoms with Gasteiger partial charge in [0, 0.05) is 16.8 Å². The summed E-state index contributed by atoms with van der Waals surface area (Å²) in [5.41, 5.74) is 3.91. The molecule has 0 saturated heterocycles. The minimum Gasteiger partial charge on any atom is -0.365 e. The average molecular weight is 346 g/mol. The van der Waals surface area contributed by atoms with Crippen molar-refractivity contribution in [2.75, 3.05) is 0 Å². The number of aliphatic imine (C=N–C) groups is 1. The average Bonchev–Trinajstić information content (AvgIpc) is 2.88. The molecule has 0 bridgehead atoms. The van der Waals surface area contributed by atoms with Crippen LogP contribution in [0.4, 0.5) is 4.39 Å². The summed E-state index contributed by atoms with van der Waals surface area (Å²) >= 11 is 0. The maximum absolute atomic E-state index is 14.5. The van der Waals surface area contributed by atoms with Gasteiger partial charge in [-0.2, -0.15) is 5.26 Å². The number of nitrogens with zero attached hydrogens (tertiary/aromatic N) is 4. The maximum atomic E-state index is 14.5. The van der Waals surface area contributed by atoms with Gasteiger partial charge >= 0.3 is 0 Å². The summed E-state index contributed by atoms with van der Waals surface area (Å²) in [6.45, 7) is 3.75. The number of benzene rings is 2. The van der Waals surface area contributed by atoms with E-state index in [2.05, 4.69) is 16.0 Å². The number of rotatable bonds is 1. The van der Waals surface area contributed by atoms with Crippen LogP contribution in [0.2, 0.25) is 0 Å². The highest BCUT2D eigenvalue weighted by molar-refractivity contribution is 6.15. The van der Waals surface area contributed by atoms with Crippen LogP contribution < -0.4 is 0 Å². The molecule has 0 fully saturated rings. The molecule has 5 nitrogen and oxygen atoms in total. The van der Waals surface area contributed by atoms with Crippen molar-refractivity contribution in [1.82, 2.24) is 9.55 Å². The summed E-state index contributed by atoms with van der Waals surface area (Å²) in [6, 6.07) is 13.5. The zero-order valence-electron chi connectivity index (χ0n) is 14.2. The molecule has 0 amide bonds. The van der Waals surface area contributed by atoms with Gasteiger partial charge in [0.05, 0.1) is 28.7 Å². The van der Waals surface area contributed by atoms with Gasteiger partial charge in [-0.3, -0.25) is 4.57 Å². The minimum absolute atomic E-state index is 0.267. The molecule has 4 rings (SSSR count). The number of fused-ring (bicyclic) bond motifs is 3. The zero-order chi connectivity index (χ0) is 18.4. The molecule has 1 aliphatic rings. The van der Waals surface area contributed by atoms with Crippen molar-refractivity contribution in [2.45, 2.75) is 20.1 Å². The van der Waals surface area contributed by atoms with E-state index >= 15 is 0 Å². The molecule has 1 aromatic heterocycles. The summed E-state index contributed by atoms with van der Waals surface area (Å²) in [7, 11) is 0. The van der Waals surface area contributed by atoms with E-state index in [1.54, 1.807) is 36.4 Å². The molecule has 1 aliphatic heterocycles. The van der Waals surface area contributed by atoms with Crippen molar-refractivity contribution in [3.8, 4) is 11.8 Å². The molecule has 1 N–H and O–H groups in total. The third-order valence-corrected chi connectivity index (χ3v) is 4.60. The minimum atomic E-state index is -1.24. The highest BCUT2D eigenvalue weighted by Gasteiger charge is 2.28. The van der Waals surface area contributed by atoms with E-state index in [-0.39, 0.29) is 5.56 Å². The van der Waals surface area contributed by atoms with Gasteiger partial charge < -0.3 is 5.11 Å². The number of aromatic nitrogens is 2. The van der Waals surface area contributed by atoms with Crippen molar-refractivity contribution >= 4 is 5.71 Å². The van der Waals surface area contributed by atoms with Gasteiger partial charge in [-0.15, -0.1) is 0 Å². The summed E-state index contributed by atoms with van der Waals surface area (Å²) < 4.78 is 16.3. The number of aryl methyl sites for hydroxylation is 1. The molecule has 0 spiro atoms. The predicted molar refractivity (Wildman–Crippen MR) is 94.8 cm³/mol. The quantitative estimate of drug-likeness (QED) is 0.734. The monoisotopic (exact) mass is 346 g/mol. The molecule has 2 heterocycles. The lowest BCUT2D eigenvalue weighted by Crippen LogP contribution is -2.10. The van der Waals surface area contributed by atoms with E-state index in [4.69, 9.17) is 0 Å². The smallest absolute Gasteiger partial charge is 0.205 e. The largest absolute Gasteiger partial charge is 0.365 e. The van der Waals surface area contributed by atoms with E-state index in [0.717, 1.165) is 11.4 Å². The highest BCUT2D eigenvalue weighted by atomic mass is 19.1. The number of aliphatic hydroxyl groups is 1. The second-order valence-electron chi connectivity index (χ2n) is 6.15. The first kappa shape index (κ1) is 16.2. The third kappa shape index (κ3) is 2.33. The number of halogens is 1. The van der Waals surface area contributed by atoms with Crippen LogP contribution in [0.3, 0.4) is 0 Å². The Kier molecular flexibility index (Phi) is 3.67. The topological polar surface area (TPSA) is 74.2 Å². The SMILES string of the molecule is Cc1nc2n(c1C)-c1ccc(C#N)cc1C(c1ccccc1F)=NC2O. The van der Waals surface area contributed by atoms with Gasteiger partial charge in [0.1, 0.15) is 5.82 Å². The molecule has 3 aromatic rings. The predicted octanol–water partition coefficient (Wildman–Crippen LogP) is 3.34. The van der Waals surface area contributed by atoms with Gasteiger partial charge in [-0.25, -0.2) is 14.4 Å². The van der Waals surface area contributed by atoms with Gasteiger partial charge in [0.25, 0.3) is 0 Å². The first-order valence-electron chi connectivity index (χ1n) is 8.12. The lowest BCUT2D eigenvalue weighted by atomic mass is 9.98. The molecule has 0 radical (unpaired) electrons. The van der Waals surface area contributed by atoms with Crippen molar-refractivity contribution in [1.29, 1.82) is 5.26 Å². The lowest BCUT2D eigenvalue weighted by molar-refractivity contribution is 0.177. The fourth-order valence-electron chi connectivity index (χ4n) is 3.22. The Balaban J connectivity index is 2.09. The van der Waals surface area contributed by atoms with Gasteiger partial charge in [0.2, 0.25) is 6.23 Å². The molecule has 26 heavy (non-hydrogen) atoms. The van der Waals surface area contributed by atoms with E-state index in [1.165, 1.54) is 6.07 Å². The number of nitriles is 1. The Morgan fingerprint density at radius 1 is 1.15 bits per heavy atom. The molecule has 2 aromatic carbocycles. The van der Waals surface area contributed by atoms with Gasteiger partial charge in [-0.1, -0.05) is 12.1 Å². The second-order valence-corrected chi connectivity index (χ2v) is 6.15. The van der Waals surface area contributed by atoms with Crippen molar-refractivity contribution in [3.63, 3.8) is 0 Å². The van der Waals surface area contributed by atoms with E-state index < -0.39 is 12.0 Å². The number of hydrogen-bond donors (Lipinski definition) is 1. The van der Waals surface area contributed by atoms with Crippen LogP contribution in [0.1, 0.15) is 40.1 Å². The summed E-state index contributed by atoms with van der Waals surface area (Å²) in [5.74, 6) is -0.0727. The Labute approximate surface area is 149 Å². The number of aliphatic hydroxyl groups excluding tert-OH is 1. The van der Waals surface area contributed by atoms with Gasteiger partial charge in [0.15, 0.2) is 5.82 Å². The Hall–Kier alpha value is -3.30. The van der Waals surface area contributed by atoms with Crippen LogP contribution in [-0.4, -0.2) is 20.4 Å². The first-order chi connectivity index (χ1) is 12.5. The summed E-state index contributed by atoms with van der Waals surface area (Å²) in [6.07, 6.45) is -1.24. The molecule has 1 unspecified atom stereocenters. The molecule has 0 aliphatic carbocycles. The number of hydrogen-bond acceptors (Lipinski definition) is 4. The Morgan fingerprint density at radius 2 is 1.92 bits per heavy atom. The molecule has 1 atom stereocenters. The summed E-state index contributed by atoms with van der Waals surface area (Å²) in [4.78, 5) is 8.79. The highest BCUT2D eigenvalue weighted by Crippen LogP contribution is 2.32. The third-order valence-electron chi connectivity index (χ3n) is 4.60. The standard InChI is InChI=1S/C20H15FN4O/c1-11-12(2)25-17-8-7-13(10-22)9-15(17)18(24-20(26)19(25)23-11)14-5-3-4-6-16(14)21/h3-9,20,26H,1-2H3. The summed E-state index contributed by atoms with van der Waals surface area (Å²) in [5, 5.41) is 19.9. The van der Waals surface area contributed by atoms with Crippen LogP contribution in [0.25, 0.3) is 5.69 Å². The van der Waals surface area contributed by atoms with E-state index in [9.17, 15) is 14.8 Å².